The van der Waals surface area contributed by atoms with Crippen molar-refractivity contribution in [2.45, 2.75) is 32.5 Å². The van der Waals surface area contributed by atoms with E-state index in [2.05, 4.69) is 0 Å². The molecule has 0 aliphatic carbocycles. The van der Waals surface area contributed by atoms with Crippen LogP contribution in [0.4, 0.5) is 0 Å². The molecule has 2 atom stereocenters. The maximum absolute atomic E-state index is 9.29. The number of hydrogen-bond acceptors (Lipinski definition) is 3. The summed E-state index contributed by atoms with van der Waals surface area (Å²) in [6.45, 7) is 3.97. The predicted octanol–water partition coefficient (Wildman–Crippen LogP) is 1.89. The Hall–Kier alpha value is -1.06. The smallest absolute Gasteiger partial charge is 0.119 e. The normalized spacial score (nSPS) is 14.7. The zero-order chi connectivity index (χ0) is 11.3. The standard InChI is InChI=1S/C12H18O3/c1-9(13)7-8-15-12-5-3-11(4-6-12)10(2)14/h3-6,9-10,13-14H,7-8H2,1-2H3. The molecule has 2 N–H and O–H groups in total. The Morgan fingerprint density at radius 2 is 1.73 bits per heavy atom. The van der Waals surface area contributed by atoms with E-state index in [1.807, 2.05) is 24.3 Å². The van der Waals surface area contributed by atoms with Gasteiger partial charge >= 0.3 is 0 Å². The first-order valence-electron chi connectivity index (χ1n) is 5.18. The molecule has 0 radical (unpaired) electrons. The maximum Gasteiger partial charge on any atom is 0.119 e. The van der Waals surface area contributed by atoms with E-state index in [1.54, 1.807) is 13.8 Å². The largest absolute Gasteiger partial charge is 0.493 e. The van der Waals surface area contributed by atoms with Gasteiger partial charge in [-0.2, -0.15) is 0 Å². The fourth-order valence-electron chi connectivity index (χ4n) is 1.19. The number of ether oxygens (including phenoxy) is 1. The molecule has 0 aliphatic heterocycles. The van der Waals surface area contributed by atoms with Gasteiger partial charge in [-0.1, -0.05) is 12.1 Å². The van der Waals surface area contributed by atoms with E-state index in [0.717, 1.165) is 11.3 Å². The lowest BCUT2D eigenvalue weighted by atomic mass is 10.1. The molecule has 0 bridgehead atoms. The average Bonchev–Trinajstić information content (AvgIpc) is 2.18. The van der Waals surface area contributed by atoms with Gasteiger partial charge in [0.05, 0.1) is 18.8 Å². The minimum absolute atomic E-state index is 0.332. The summed E-state index contributed by atoms with van der Waals surface area (Å²) in [7, 11) is 0. The Morgan fingerprint density at radius 1 is 1.13 bits per heavy atom. The molecule has 3 nitrogen and oxygen atoms in total. The summed E-state index contributed by atoms with van der Waals surface area (Å²) in [5.41, 5.74) is 0.873. The van der Waals surface area contributed by atoms with Gasteiger partial charge < -0.3 is 14.9 Å². The van der Waals surface area contributed by atoms with Crippen molar-refractivity contribution in [1.29, 1.82) is 0 Å². The second kappa shape index (κ2) is 5.73. The second-order valence-corrected chi connectivity index (χ2v) is 3.73. The number of rotatable bonds is 5. The van der Waals surface area contributed by atoms with Gasteiger partial charge in [0.2, 0.25) is 0 Å². The fraction of sp³-hybridized carbons (Fsp3) is 0.500. The van der Waals surface area contributed by atoms with Crippen LogP contribution in [-0.4, -0.2) is 22.9 Å². The highest BCUT2D eigenvalue weighted by Gasteiger charge is 2.01. The summed E-state index contributed by atoms with van der Waals surface area (Å²) in [4.78, 5) is 0. The van der Waals surface area contributed by atoms with Crippen LogP contribution in [0.25, 0.3) is 0 Å². The fourth-order valence-corrected chi connectivity index (χ4v) is 1.19. The van der Waals surface area contributed by atoms with E-state index in [9.17, 15) is 5.11 Å². The number of benzene rings is 1. The molecule has 0 aromatic heterocycles. The highest BCUT2D eigenvalue weighted by Crippen LogP contribution is 2.17. The zero-order valence-electron chi connectivity index (χ0n) is 9.18. The molecule has 1 aromatic rings. The number of hydrogen-bond donors (Lipinski definition) is 2. The van der Waals surface area contributed by atoms with E-state index in [1.165, 1.54) is 0 Å². The van der Waals surface area contributed by atoms with Gasteiger partial charge in [-0.25, -0.2) is 0 Å². The lowest BCUT2D eigenvalue weighted by molar-refractivity contribution is 0.155. The van der Waals surface area contributed by atoms with Crippen LogP contribution in [0.15, 0.2) is 24.3 Å². The Kier molecular flexibility index (Phi) is 4.59. The summed E-state index contributed by atoms with van der Waals surface area (Å²) >= 11 is 0. The third-order valence-corrected chi connectivity index (χ3v) is 2.17. The Bertz CT molecular complexity index is 277. The monoisotopic (exact) mass is 210 g/mol. The van der Waals surface area contributed by atoms with Gasteiger partial charge in [0.15, 0.2) is 0 Å². The van der Waals surface area contributed by atoms with Crippen molar-refractivity contribution < 1.29 is 14.9 Å². The first-order chi connectivity index (χ1) is 7.09. The van der Waals surface area contributed by atoms with Crippen molar-refractivity contribution in [1.82, 2.24) is 0 Å². The maximum atomic E-state index is 9.29. The molecular formula is C12H18O3. The third kappa shape index (κ3) is 4.32. The van der Waals surface area contributed by atoms with Crippen LogP contribution in [0.2, 0.25) is 0 Å². The minimum Gasteiger partial charge on any atom is -0.493 e. The van der Waals surface area contributed by atoms with Crippen LogP contribution in [0.5, 0.6) is 5.75 Å². The van der Waals surface area contributed by atoms with Crippen LogP contribution >= 0.6 is 0 Å². The summed E-state index contributed by atoms with van der Waals surface area (Å²) in [5.74, 6) is 0.764. The zero-order valence-corrected chi connectivity index (χ0v) is 9.18. The second-order valence-electron chi connectivity index (χ2n) is 3.73. The van der Waals surface area contributed by atoms with E-state index in [-0.39, 0.29) is 6.10 Å². The highest BCUT2D eigenvalue weighted by atomic mass is 16.5. The van der Waals surface area contributed by atoms with Gasteiger partial charge in [0.25, 0.3) is 0 Å². The number of aliphatic hydroxyl groups excluding tert-OH is 2. The highest BCUT2D eigenvalue weighted by molar-refractivity contribution is 5.28. The van der Waals surface area contributed by atoms with Crippen LogP contribution in [0.1, 0.15) is 31.9 Å². The summed E-state index contributed by atoms with van der Waals surface area (Å²) in [6.07, 6.45) is -0.156. The lowest BCUT2D eigenvalue weighted by Crippen LogP contribution is -2.07. The minimum atomic E-state index is -0.448. The van der Waals surface area contributed by atoms with Gasteiger partial charge in [-0.05, 0) is 31.5 Å². The predicted molar refractivity (Wildman–Crippen MR) is 58.9 cm³/mol. The first kappa shape index (κ1) is 12.0. The topological polar surface area (TPSA) is 49.7 Å². The van der Waals surface area contributed by atoms with Crippen molar-refractivity contribution in [3.05, 3.63) is 29.8 Å². The van der Waals surface area contributed by atoms with Crippen LogP contribution in [-0.2, 0) is 0 Å². The molecule has 0 saturated carbocycles. The molecule has 0 aliphatic rings. The van der Waals surface area contributed by atoms with E-state index >= 15 is 0 Å². The molecule has 0 spiro atoms. The van der Waals surface area contributed by atoms with Gasteiger partial charge in [-0.15, -0.1) is 0 Å². The summed E-state index contributed by atoms with van der Waals surface area (Å²) < 4.78 is 5.41. The van der Waals surface area contributed by atoms with Crippen LogP contribution in [0.3, 0.4) is 0 Å². The lowest BCUT2D eigenvalue weighted by Gasteiger charge is -2.09. The molecule has 1 rings (SSSR count). The van der Waals surface area contributed by atoms with Gasteiger partial charge in [0, 0.05) is 6.42 Å². The Labute approximate surface area is 90.3 Å². The Morgan fingerprint density at radius 3 is 2.20 bits per heavy atom. The van der Waals surface area contributed by atoms with Crippen molar-refractivity contribution in [2.24, 2.45) is 0 Å². The molecule has 0 amide bonds. The first-order valence-corrected chi connectivity index (χ1v) is 5.18. The average molecular weight is 210 g/mol. The van der Waals surface area contributed by atoms with Crippen LogP contribution < -0.4 is 4.74 Å². The SMILES string of the molecule is CC(O)CCOc1ccc(C(C)O)cc1. The molecule has 3 heteroatoms. The van der Waals surface area contributed by atoms with Crippen LogP contribution in [0, 0.1) is 0 Å². The molecule has 2 unspecified atom stereocenters. The molecule has 15 heavy (non-hydrogen) atoms. The molecule has 0 fully saturated rings. The van der Waals surface area contributed by atoms with E-state index in [0.29, 0.717) is 13.0 Å². The summed E-state index contributed by atoms with van der Waals surface area (Å²) in [6, 6.07) is 7.32. The quantitative estimate of drug-likeness (QED) is 0.780. The van der Waals surface area contributed by atoms with Crippen molar-refractivity contribution >= 4 is 0 Å². The van der Waals surface area contributed by atoms with Crippen molar-refractivity contribution in [3.8, 4) is 5.75 Å². The molecule has 0 saturated heterocycles. The molecule has 84 valence electrons. The third-order valence-electron chi connectivity index (χ3n) is 2.17. The van der Waals surface area contributed by atoms with E-state index in [4.69, 9.17) is 9.84 Å². The Balaban J connectivity index is 2.43. The molecular weight excluding hydrogens is 192 g/mol. The van der Waals surface area contributed by atoms with Crippen molar-refractivity contribution in [2.75, 3.05) is 6.61 Å². The van der Waals surface area contributed by atoms with Gasteiger partial charge in [-0.3, -0.25) is 0 Å². The summed E-state index contributed by atoms with van der Waals surface area (Å²) in [5, 5.41) is 18.3. The van der Waals surface area contributed by atoms with Gasteiger partial charge in [0.1, 0.15) is 5.75 Å². The molecule has 1 aromatic carbocycles. The number of aliphatic hydroxyl groups is 2. The molecule has 0 heterocycles. The van der Waals surface area contributed by atoms with Crippen molar-refractivity contribution in [3.63, 3.8) is 0 Å². The van der Waals surface area contributed by atoms with E-state index < -0.39 is 6.10 Å².